The molecule has 0 aliphatic heterocycles. The predicted molar refractivity (Wildman–Crippen MR) is 114 cm³/mol. The van der Waals surface area contributed by atoms with E-state index in [0.29, 0.717) is 12.1 Å². The average Bonchev–Trinajstić information content (AvgIpc) is 2.68. The molecule has 0 aliphatic carbocycles. The van der Waals surface area contributed by atoms with Crippen molar-refractivity contribution in [2.24, 2.45) is 4.99 Å². The third-order valence-corrected chi connectivity index (χ3v) is 4.46. The zero-order valence-electron chi connectivity index (χ0n) is 17.7. The van der Waals surface area contributed by atoms with E-state index < -0.39 is 0 Å². The van der Waals surface area contributed by atoms with Crippen molar-refractivity contribution in [2.75, 3.05) is 46.8 Å². The fourth-order valence-electron chi connectivity index (χ4n) is 2.73. The summed E-state index contributed by atoms with van der Waals surface area (Å²) in [5.74, 6) is 0.860. The summed E-state index contributed by atoms with van der Waals surface area (Å²) in [6, 6.07) is 7.66. The van der Waals surface area contributed by atoms with Crippen LogP contribution in [0.15, 0.2) is 29.3 Å². The number of unbranched alkanes of at least 4 members (excludes halogenated alkanes) is 1. The summed E-state index contributed by atoms with van der Waals surface area (Å²) in [6.07, 6.45) is 2.32. The molecule has 0 fully saturated rings. The van der Waals surface area contributed by atoms with Gasteiger partial charge in [0.05, 0.1) is 6.54 Å². The summed E-state index contributed by atoms with van der Waals surface area (Å²) in [5.41, 5.74) is 1.79. The maximum atomic E-state index is 11.9. The highest BCUT2D eigenvalue weighted by atomic mass is 16.2. The van der Waals surface area contributed by atoms with Gasteiger partial charge in [-0.15, -0.1) is 0 Å². The van der Waals surface area contributed by atoms with Gasteiger partial charge in [0.25, 0.3) is 5.91 Å². The molecule has 0 saturated carbocycles. The van der Waals surface area contributed by atoms with Gasteiger partial charge in [0.15, 0.2) is 5.96 Å². The molecule has 152 valence electrons. The smallest absolute Gasteiger partial charge is 0.253 e. The van der Waals surface area contributed by atoms with Crippen molar-refractivity contribution in [2.45, 2.75) is 40.2 Å². The van der Waals surface area contributed by atoms with E-state index in [4.69, 9.17) is 0 Å². The summed E-state index contributed by atoms with van der Waals surface area (Å²) in [4.78, 5) is 20.6. The number of hydrogen-bond donors (Lipinski definition) is 2. The Morgan fingerprint density at radius 1 is 1.00 bits per heavy atom. The first kappa shape index (κ1) is 23.0. The lowest BCUT2D eigenvalue weighted by Gasteiger charge is -2.18. The summed E-state index contributed by atoms with van der Waals surface area (Å²) in [7, 11) is 3.52. The van der Waals surface area contributed by atoms with Gasteiger partial charge in [0, 0.05) is 32.7 Å². The van der Waals surface area contributed by atoms with E-state index in [1.165, 1.54) is 6.42 Å². The first-order chi connectivity index (χ1) is 13.0. The molecule has 1 aromatic carbocycles. The minimum absolute atomic E-state index is 0.0183. The van der Waals surface area contributed by atoms with Crippen molar-refractivity contribution in [1.29, 1.82) is 0 Å². The summed E-state index contributed by atoms with van der Waals surface area (Å²) >= 11 is 0. The van der Waals surface area contributed by atoms with E-state index in [9.17, 15) is 4.79 Å². The number of nitrogens with one attached hydrogen (secondary N) is 2. The third kappa shape index (κ3) is 8.91. The number of benzene rings is 1. The summed E-state index contributed by atoms with van der Waals surface area (Å²) in [6.45, 7) is 12.2. The maximum absolute atomic E-state index is 11.9. The number of carbonyl (C=O) groups excluding carboxylic acids is 1. The zero-order valence-corrected chi connectivity index (χ0v) is 17.7. The van der Waals surface area contributed by atoms with Gasteiger partial charge < -0.3 is 20.4 Å². The minimum atomic E-state index is 0.0183. The van der Waals surface area contributed by atoms with Crippen LogP contribution < -0.4 is 10.6 Å². The molecule has 0 saturated heterocycles. The van der Waals surface area contributed by atoms with Gasteiger partial charge in [-0.2, -0.15) is 0 Å². The van der Waals surface area contributed by atoms with Crippen molar-refractivity contribution in [1.82, 2.24) is 20.4 Å². The molecule has 1 aromatic rings. The van der Waals surface area contributed by atoms with Crippen LogP contribution in [-0.4, -0.2) is 68.5 Å². The monoisotopic (exact) mass is 375 g/mol. The van der Waals surface area contributed by atoms with Crippen LogP contribution in [0.3, 0.4) is 0 Å². The van der Waals surface area contributed by atoms with Crippen molar-refractivity contribution in [3.05, 3.63) is 35.4 Å². The number of hydrogen-bond acceptors (Lipinski definition) is 3. The molecule has 0 spiro atoms. The highest BCUT2D eigenvalue weighted by molar-refractivity contribution is 5.93. The van der Waals surface area contributed by atoms with Crippen LogP contribution >= 0.6 is 0 Å². The molecule has 0 aromatic heterocycles. The Morgan fingerprint density at radius 3 is 2.22 bits per heavy atom. The SMILES string of the molecule is CCNC(=NCc1ccc(C(=O)N(C)C)cc1)NCCCCN(CC)CC. The quantitative estimate of drug-likeness (QED) is 0.355. The van der Waals surface area contributed by atoms with Crippen LogP contribution in [0.5, 0.6) is 0 Å². The Bertz CT molecular complexity index is 564. The molecular weight excluding hydrogens is 338 g/mol. The molecule has 6 nitrogen and oxygen atoms in total. The molecule has 6 heteroatoms. The van der Waals surface area contributed by atoms with Gasteiger partial charge in [0.2, 0.25) is 0 Å². The van der Waals surface area contributed by atoms with Gasteiger partial charge >= 0.3 is 0 Å². The summed E-state index contributed by atoms with van der Waals surface area (Å²) < 4.78 is 0. The summed E-state index contributed by atoms with van der Waals surface area (Å²) in [5, 5.41) is 6.69. The standard InChI is InChI=1S/C21H37N5O/c1-6-22-21(23-15-9-10-16-26(7-2)8-3)24-17-18-11-13-19(14-12-18)20(27)25(4)5/h11-14H,6-10,15-17H2,1-5H3,(H2,22,23,24). The normalized spacial score (nSPS) is 11.6. The second kappa shape index (κ2) is 13.1. The van der Waals surface area contributed by atoms with E-state index in [2.05, 4.69) is 41.3 Å². The van der Waals surface area contributed by atoms with E-state index in [-0.39, 0.29) is 5.91 Å². The van der Waals surface area contributed by atoms with Gasteiger partial charge in [-0.05, 0) is 57.1 Å². The zero-order chi connectivity index (χ0) is 20.1. The average molecular weight is 376 g/mol. The fourth-order valence-corrected chi connectivity index (χ4v) is 2.73. The largest absolute Gasteiger partial charge is 0.357 e. The molecule has 0 radical (unpaired) electrons. The van der Waals surface area contributed by atoms with E-state index in [0.717, 1.165) is 50.7 Å². The Morgan fingerprint density at radius 2 is 1.67 bits per heavy atom. The molecule has 2 N–H and O–H groups in total. The first-order valence-corrected chi connectivity index (χ1v) is 10.1. The van der Waals surface area contributed by atoms with Gasteiger partial charge in [0.1, 0.15) is 0 Å². The second-order valence-corrected chi connectivity index (χ2v) is 6.75. The Labute approximate surface area is 165 Å². The highest BCUT2D eigenvalue weighted by Gasteiger charge is 2.07. The van der Waals surface area contributed by atoms with Crippen molar-refractivity contribution >= 4 is 11.9 Å². The molecule has 1 amide bonds. The first-order valence-electron chi connectivity index (χ1n) is 10.1. The number of amides is 1. The van der Waals surface area contributed by atoms with Gasteiger partial charge in [-0.1, -0.05) is 26.0 Å². The Hall–Kier alpha value is -2.08. The van der Waals surface area contributed by atoms with Crippen LogP contribution in [0.2, 0.25) is 0 Å². The predicted octanol–water partition coefficient (Wildman–Crippen LogP) is 2.57. The number of nitrogens with zero attached hydrogens (tertiary/aromatic N) is 3. The van der Waals surface area contributed by atoms with Crippen LogP contribution in [0.4, 0.5) is 0 Å². The molecular formula is C21H37N5O. The lowest BCUT2D eigenvalue weighted by atomic mass is 10.1. The molecule has 0 aliphatic rings. The van der Waals surface area contributed by atoms with Crippen LogP contribution in [0.1, 0.15) is 49.5 Å². The number of rotatable bonds is 11. The van der Waals surface area contributed by atoms with E-state index in [1.807, 2.05) is 24.3 Å². The number of carbonyl (C=O) groups is 1. The van der Waals surface area contributed by atoms with Crippen molar-refractivity contribution in [3.63, 3.8) is 0 Å². The highest BCUT2D eigenvalue weighted by Crippen LogP contribution is 2.07. The van der Waals surface area contributed by atoms with Crippen LogP contribution in [0, 0.1) is 0 Å². The Balaban J connectivity index is 2.47. The fraction of sp³-hybridized carbons (Fsp3) is 0.619. The van der Waals surface area contributed by atoms with Crippen LogP contribution in [-0.2, 0) is 6.54 Å². The van der Waals surface area contributed by atoms with Crippen LogP contribution in [0.25, 0.3) is 0 Å². The van der Waals surface area contributed by atoms with E-state index in [1.54, 1.807) is 19.0 Å². The van der Waals surface area contributed by atoms with Crippen molar-refractivity contribution < 1.29 is 4.79 Å². The molecule has 1 rings (SSSR count). The van der Waals surface area contributed by atoms with Gasteiger partial charge in [-0.25, -0.2) is 4.99 Å². The van der Waals surface area contributed by atoms with Gasteiger partial charge in [-0.3, -0.25) is 4.79 Å². The maximum Gasteiger partial charge on any atom is 0.253 e. The Kier molecular flexibility index (Phi) is 11.2. The second-order valence-electron chi connectivity index (χ2n) is 6.75. The molecule has 0 heterocycles. The minimum Gasteiger partial charge on any atom is -0.357 e. The lowest BCUT2D eigenvalue weighted by molar-refractivity contribution is 0.0827. The third-order valence-electron chi connectivity index (χ3n) is 4.46. The molecule has 0 atom stereocenters. The molecule has 0 unspecified atom stereocenters. The van der Waals surface area contributed by atoms with E-state index >= 15 is 0 Å². The number of aliphatic imine (C=N–C) groups is 1. The topological polar surface area (TPSA) is 60.0 Å². The molecule has 27 heavy (non-hydrogen) atoms. The van der Waals surface area contributed by atoms with Crippen molar-refractivity contribution in [3.8, 4) is 0 Å². The number of guanidine groups is 1. The molecule has 0 bridgehead atoms. The lowest BCUT2D eigenvalue weighted by Crippen LogP contribution is -2.38.